The summed E-state index contributed by atoms with van der Waals surface area (Å²) in [7, 11) is 0. The topological polar surface area (TPSA) is 60.9 Å². The van der Waals surface area contributed by atoms with E-state index in [4.69, 9.17) is 4.42 Å². The molecule has 15 heavy (non-hydrogen) atoms. The Kier molecular flexibility index (Phi) is 2.62. The summed E-state index contributed by atoms with van der Waals surface area (Å²) in [6.07, 6.45) is 3.28. The summed E-state index contributed by atoms with van der Waals surface area (Å²) < 4.78 is 7.05. The fourth-order valence-corrected chi connectivity index (χ4v) is 1.38. The molecule has 2 aromatic rings. The Hall–Kier alpha value is -1.91. The molecule has 2 heterocycles. The molecule has 78 valence electrons. The summed E-state index contributed by atoms with van der Waals surface area (Å²) in [5, 5.41) is 7.75. The Morgan fingerprint density at radius 2 is 2.40 bits per heavy atom. The first-order valence-electron chi connectivity index (χ1n) is 4.79. The number of hydrogen-bond acceptors (Lipinski definition) is 4. The van der Waals surface area contributed by atoms with E-state index in [1.54, 1.807) is 23.0 Å². The predicted octanol–water partition coefficient (Wildman–Crippen LogP) is 1.76. The van der Waals surface area contributed by atoms with Crippen molar-refractivity contribution in [2.45, 2.75) is 19.9 Å². The van der Waals surface area contributed by atoms with Crippen molar-refractivity contribution in [2.24, 2.45) is 0 Å². The van der Waals surface area contributed by atoms with Gasteiger partial charge in [0.2, 0.25) is 0 Å². The van der Waals surface area contributed by atoms with Crippen molar-refractivity contribution < 1.29 is 9.21 Å². The van der Waals surface area contributed by atoms with Crippen LogP contribution in [0.4, 0.5) is 0 Å². The SMILES string of the molecule is CCCn1nncc1-c1ccc(C=O)o1. The molecule has 2 aromatic heterocycles. The quantitative estimate of drug-likeness (QED) is 0.713. The molecule has 0 aliphatic heterocycles. The Morgan fingerprint density at radius 3 is 3.07 bits per heavy atom. The van der Waals surface area contributed by atoms with Gasteiger partial charge in [-0.2, -0.15) is 0 Å². The average molecular weight is 205 g/mol. The summed E-state index contributed by atoms with van der Waals surface area (Å²) >= 11 is 0. The van der Waals surface area contributed by atoms with Gasteiger partial charge < -0.3 is 4.42 Å². The molecular weight excluding hydrogens is 194 g/mol. The van der Waals surface area contributed by atoms with Gasteiger partial charge in [0.05, 0.1) is 6.20 Å². The minimum absolute atomic E-state index is 0.314. The molecule has 0 fully saturated rings. The molecule has 0 N–H and O–H groups in total. The van der Waals surface area contributed by atoms with Gasteiger partial charge in [-0.15, -0.1) is 5.10 Å². The number of nitrogens with zero attached hydrogens (tertiary/aromatic N) is 3. The molecule has 0 bridgehead atoms. The molecule has 5 heteroatoms. The second kappa shape index (κ2) is 4.08. The standard InChI is InChI=1S/C10H11N3O2/c1-2-5-13-9(6-11-12-13)10-4-3-8(7-14)15-10/h3-4,6-7H,2,5H2,1H3. The van der Waals surface area contributed by atoms with Crippen LogP contribution in [-0.4, -0.2) is 21.3 Å². The maximum atomic E-state index is 10.5. The van der Waals surface area contributed by atoms with Crippen LogP contribution in [0.3, 0.4) is 0 Å². The molecule has 0 saturated heterocycles. The number of rotatable bonds is 4. The van der Waals surface area contributed by atoms with Crippen molar-refractivity contribution >= 4 is 6.29 Å². The highest BCUT2D eigenvalue weighted by molar-refractivity contribution is 5.72. The molecule has 0 saturated carbocycles. The van der Waals surface area contributed by atoms with Crippen LogP contribution in [0.2, 0.25) is 0 Å². The summed E-state index contributed by atoms with van der Waals surface area (Å²) in [5.41, 5.74) is 0.796. The largest absolute Gasteiger partial charge is 0.452 e. The number of carbonyl (C=O) groups is 1. The highest BCUT2D eigenvalue weighted by Gasteiger charge is 2.10. The minimum atomic E-state index is 0.314. The highest BCUT2D eigenvalue weighted by Crippen LogP contribution is 2.20. The molecule has 0 amide bonds. The zero-order chi connectivity index (χ0) is 10.7. The molecule has 0 radical (unpaired) electrons. The van der Waals surface area contributed by atoms with E-state index in [0.29, 0.717) is 17.8 Å². The first-order valence-corrected chi connectivity index (χ1v) is 4.79. The van der Waals surface area contributed by atoms with Crippen molar-refractivity contribution in [3.05, 3.63) is 24.1 Å². The first-order chi connectivity index (χ1) is 7.35. The molecule has 0 unspecified atom stereocenters. The minimum Gasteiger partial charge on any atom is -0.452 e. The van der Waals surface area contributed by atoms with Crippen molar-refractivity contribution in [3.63, 3.8) is 0 Å². The van der Waals surface area contributed by atoms with E-state index in [1.807, 2.05) is 0 Å². The van der Waals surface area contributed by atoms with Crippen LogP contribution in [0.5, 0.6) is 0 Å². The molecule has 5 nitrogen and oxygen atoms in total. The number of carbonyl (C=O) groups excluding carboxylic acids is 1. The zero-order valence-electron chi connectivity index (χ0n) is 8.38. The molecule has 0 aromatic carbocycles. The van der Waals surface area contributed by atoms with E-state index < -0.39 is 0 Å². The van der Waals surface area contributed by atoms with Gasteiger partial charge in [0.25, 0.3) is 0 Å². The van der Waals surface area contributed by atoms with Gasteiger partial charge >= 0.3 is 0 Å². The lowest BCUT2D eigenvalue weighted by molar-refractivity contribution is 0.110. The summed E-state index contributed by atoms with van der Waals surface area (Å²) in [5.74, 6) is 0.935. The molecular formula is C10H11N3O2. The third-order valence-electron chi connectivity index (χ3n) is 2.05. The van der Waals surface area contributed by atoms with Crippen LogP contribution in [-0.2, 0) is 6.54 Å². The summed E-state index contributed by atoms with van der Waals surface area (Å²) in [6, 6.07) is 3.38. The zero-order valence-corrected chi connectivity index (χ0v) is 8.38. The van der Waals surface area contributed by atoms with E-state index in [9.17, 15) is 4.79 Å². The monoisotopic (exact) mass is 205 g/mol. The predicted molar refractivity (Wildman–Crippen MR) is 53.4 cm³/mol. The lowest BCUT2D eigenvalue weighted by Gasteiger charge is -2.00. The number of hydrogen-bond donors (Lipinski definition) is 0. The Balaban J connectivity index is 2.35. The van der Waals surface area contributed by atoms with Crippen LogP contribution in [0, 0.1) is 0 Å². The van der Waals surface area contributed by atoms with Gasteiger partial charge in [-0.3, -0.25) is 4.79 Å². The fraction of sp³-hybridized carbons (Fsp3) is 0.300. The van der Waals surface area contributed by atoms with Crippen molar-refractivity contribution in [1.82, 2.24) is 15.0 Å². The third-order valence-corrected chi connectivity index (χ3v) is 2.05. The fourth-order valence-electron chi connectivity index (χ4n) is 1.38. The van der Waals surface area contributed by atoms with Gasteiger partial charge in [0.1, 0.15) is 5.69 Å². The molecule has 0 spiro atoms. The normalized spacial score (nSPS) is 10.5. The smallest absolute Gasteiger partial charge is 0.185 e. The maximum absolute atomic E-state index is 10.5. The first kappa shape index (κ1) is 9.64. The average Bonchev–Trinajstić information content (AvgIpc) is 2.85. The van der Waals surface area contributed by atoms with Crippen LogP contribution in [0.1, 0.15) is 23.9 Å². The summed E-state index contributed by atoms with van der Waals surface area (Å²) in [4.78, 5) is 10.5. The number of aldehydes is 1. The Morgan fingerprint density at radius 1 is 1.53 bits per heavy atom. The van der Waals surface area contributed by atoms with Gasteiger partial charge in [0.15, 0.2) is 17.8 Å². The van der Waals surface area contributed by atoms with Gasteiger partial charge in [-0.25, -0.2) is 4.68 Å². The van der Waals surface area contributed by atoms with Crippen LogP contribution in [0.25, 0.3) is 11.5 Å². The van der Waals surface area contributed by atoms with Crippen LogP contribution < -0.4 is 0 Å². The lowest BCUT2D eigenvalue weighted by Crippen LogP contribution is -2.00. The highest BCUT2D eigenvalue weighted by atomic mass is 16.3. The summed E-state index contributed by atoms with van der Waals surface area (Å²) in [6.45, 7) is 2.84. The number of aromatic nitrogens is 3. The van der Waals surface area contributed by atoms with Crippen molar-refractivity contribution in [1.29, 1.82) is 0 Å². The van der Waals surface area contributed by atoms with Crippen molar-refractivity contribution in [2.75, 3.05) is 0 Å². The second-order valence-corrected chi connectivity index (χ2v) is 3.16. The molecule has 0 aliphatic carbocycles. The van der Waals surface area contributed by atoms with E-state index in [-0.39, 0.29) is 0 Å². The van der Waals surface area contributed by atoms with Gasteiger partial charge in [0, 0.05) is 6.54 Å². The lowest BCUT2D eigenvalue weighted by atomic mass is 10.3. The molecule has 2 rings (SSSR count). The molecule has 0 atom stereocenters. The number of furan rings is 1. The maximum Gasteiger partial charge on any atom is 0.185 e. The Labute approximate surface area is 86.7 Å². The van der Waals surface area contributed by atoms with E-state index >= 15 is 0 Å². The van der Waals surface area contributed by atoms with E-state index in [2.05, 4.69) is 17.2 Å². The van der Waals surface area contributed by atoms with Crippen molar-refractivity contribution in [3.8, 4) is 11.5 Å². The van der Waals surface area contributed by atoms with Gasteiger partial charge in [-0.05, 0) is 18.6 Å². The third kappa shape index (κ3) is 1.81. The molecule has 0 aliphatic rings. The van der Waals surface area contributed by atoms with Gasteiger partial charge in [-0.1, -0.05) is 12.1 Å². The number of aryl methyl sites for hydroxylation is 1. The van der Waals surface area contributed by atoms with E-state index in [0.717, 1.165) is 18.7 Å². The van der Waals surface area contributed by atoms with E-state index in [1.165, 1.54) is 0 Å². The Bertz CT molecular complexity index is 459. The second-order valence-electron chi connectivity index (χ2n) is 3.16. The van der Waals surface area contributed by atoms with Crippen LogP contribution >= 0.6 is 0 Å². The van der Waals surface area contributed by atoms with Crippen LogP contribution in [0.15, 0.2) is 22.7 Å².